The third-order valence-corrected chi connectivity index (χ3v) is 11.8. The monoisotopic (exact) mass is 790 g/mol. The van der Waals surface area contributed by atoms with Gasteiger partial charge in [0.1, 0.15) is 6.10 Å². The fraction of sp³-hybridized carbons (Fsp3) is 0.902. The van der Waals surface area contributed by atoms with Gasteiger partial charge in [-0.1, -0.05) is 224 Å². The Labute approximate surface area is 350 Å². The molecule has 332 valence electrons. The smallest absolute Gasteiger partial charge is 0.220 e. The van der Waals surface area contributed by atoms with Crippen molar-refractivity contribution in [3.05, 3.63) is 24.3 Å². The predicted molar refractivity (Wildman–Crippen MR) is 245 cm³/mol. The molecule has 5 heteroatoms. The van der Waals surface area contributed by atoms with E-state index in [0.29, 0.717) is 12.8 Å². The van der Waals surface area contributed by atoms with Crippen molar-refractivity contribution in [1.29, 1.82) is 0 Å². The number of rotatable bonds is 46. The van der Waals surface area contributed by atoms with E-state index in [1.165, 1.54) is 205 Å². The Bertz CT molecular complexity index is 829. The first-order valence-electron chi connectivity index (χ1n) is 25.1. The molecule has 1 amide bonds. The van der Waals surface area contributed by atoms with Crippen molar-refractivity contribution in [1.82, 2.24) is 5.32 Å². The zero-order chi connectivity index (χ0) is 40.8. The van der Waals surface area contributed by atoms with Crippen LogP contribution in [-0.2, 0) is 4.79 Å². The van der Waals surface area contributed by atoms with Crippen LogP contribution >= 0.6 is 0 Å². The van der Waals surface area contributed by atoms with Crippen molar-refractivity contribution < 1.29 is 20.1 Å². The number of aliphatic hydroxyl groups excluding tert-OH is 3. The largest absolute Gasteiger partial charge is 0.394 e. The zero-order valence-electron chi connectivity index (χ0n) is 37.8. The number of hydrogen-bond acceptors (Lipinski definition) is 4. The lowest BCUT2D eigenvalue weighted by atomic mass is 10.0. The first kappa shape index (κ1) is 54.8. The van der Waals surface area contributed by atoms with Gasteiger partial charge in [-0.3, -0.25) is 4.79 Å². The Balaban J connectivity index is 3.51. The maximum absolute atomic E-state index is 12.4. The van der Waals surface area contributed by atoms with E-state index in [0.717, 1.165) is 38.5 Å². The minimum Gasteiger partial charge on any atom is -0.394 e. The second-order valence-corrected chi connectivity index (χ2v) is 17.4. The first-order chi connectivity index (χ1) is 27.6. The Morgan fingerprint density at radius 2 is 0.714 bits per heavy atom. The third-order valence-electron chi connectivity index (χ3n) is 11.8. The summed E-state index contributed by atoms with van der Waals surface area (Å²) in [4.78, 5) is 12.4. The SMILES string of the molecule is CCCCCCCCC/C=C/CCCC(O)C(O)C(CO)NC(=O)CCCCCCCCCCCCCCCC/C=C\CCCCCCCCCCCCCC. The van der Waals surface area contributed by atoms with Crippen LogP contribution in [0.25, 0.3) is 0 Å². The van der Waals surface area contributed by atoms with Crippen LogP contribution in [0.5, 0.6) is 0 Å². The van der Waals surface area contributed by atoms with Crippen molar-refractivity contribution in [2.24, 2.45) is 0 Å². The number of aliphatic hydroxyl groups is 3. The molecule has 3 atom stereocenters. The quantitative estimate of drug-likeness (QED) is 0.0365. The van der Waals surface area contributed by atoms with E-state index in [4.69, 9.17) is 0 Å². The van der Waals surface area contributed by atoms with E-state index in [2.05, 4.69) is 43.5 Å². The van der Waals surface area contributed by atoms with Crippen molar-refractivity contribution >= 4 is 5.91 Å². The van der Waals surface area contributed by atoms with Crippen LogP contribution in [0.3, 0.4) is 0 Å². The highest BCUT2D eigenvalue weighted by molar-refractivity contribution is 5.76. The molecular weight excluding hydrogens is 691 g/mol. The summed E-state index contributed by atoms with van der Waals surface area (Å²) in [6.45, 7) is 4.17. The molecular formula is C51H99NO4. The molecule has 0 saturated heterocycles. The molecule has 0 aromatic heterocycles. The number of hydrogen-bond donors (Lipinski definition) is 4. The molecule has 0 spiro atoms. The molecule has 0 radical (unpaired) electrons. The van der Waals surface area contributed by atoms with Crippen LogP contribution in [-0.4, -0.2) is 46.1 Å². The maximum Gasteiger partial charge on any atom is 0.220 e. The summed E-state index contributed by atoms with van der Waals surface area (Å²) >= 11 is 0. The molecule has 0 aliphatic rings. The van der Waals surface area contributed by atoms with Gasteiger partial charge in [0.2, 0.25) is 5.91 Å². The van der Waals surface area contributed by atoms with Crippen molar-refractivity contribution in [2.75, 3.05) is 6.61 Å². The summed E-state index contributed by atoms with van der Waals surface area (Å²) in [5, 5.41) is 33.5. The van der Waals surface area contributed by atoms with E-state index < -0.39 is 18.2 Å². The third kappa shape index (κ3) is 41.0. The molecule has 0 aromatic rings. The van der Waals surface area contributed by atoms with E-state index in [1.54, 1.807) is 0 Å². The van der Waals surface area contributed by atoms with E-state index in [9.17, 15) is 20.1 Å². The summed E-state index contributed by atoms with van der Waals surface area (Å²) in [5.74, 6) is -0.152. The fourth-order valence-electron chi connectivity index (χ4n) is 7.86. The molecule has 0 saturated carbocycles. The predicted octanol–water partition coefficient (Wildman–Crippen LogP) is 14.9. The van der Waals surface area contributed by atoms with Crippen LogP contribution in [0.15, 0.2) is 24.3 Å². The van der Waals surface area contributed by atoms with Gasteiger partial charge < -0.3 is 20.6 Å². The van der Waals surface area contributed by atoms with Gasteiger partial charge in [0.05, 0.1) is 18.8 Å². The van der Waals surface area contributed by atoms with Crippen LogP contribution in [0, 0.1) is 0 Å². The maximum atomic E-state index is 12.4. The lowest BCUT2D eigenvalue weighted by Gasteiger charge is -2.26. The molecule has 56 heavy (non-hydrogen) atoms. The number of amides is 1. The number of nitrogens with one attached hydrogen (secondary N) is 1. The van der Waals surface area contributed by atoms with E-state index in [-0.39, 0.29) is 12.5 Å². The second-order valence-electron chi connectivity index (χ2n) is 17.4. The summed E-state index contributed by atoms with van der Waals surface area (Å²) in [7, 11) is 0. The highest BCUT2D eigenvalue weighted by Gasteiger charge is 2.26. The van der Waals surface area contributed by atoms with E-state index >= 15 is 0 Å². The topological polar surface area (TPSA) is 89.8 Å². The van der Waals surface area contributed by atoms with Crippen molar-refractivity contribution in [2.45, 2.75) is 289 Å². The molecule has 5 nitrogen and oxygen atoms in total. The minimum atomic E-state index is -1.16. The van der Waals surface area contributed by atoms with Crippen LogP contribution in [0.4, 0.5) is 0 Å². The Morgan fingerprint density at radius 1 is 0.429 bits per heavy atom. The number of carbonyl (C=O) groups is 1. The molecule has 0 rings (SSSR count). The van der Waals surface area contributed by atoms with Crippen LogP contribution in [0.2, 0.25) is 0 Å². The lowest BCUT2D eigenvalue weighted by Crippen LogP contribution is -2.50. The highest BCUT2D eigenvalue weighted by atomic mass is 16.3. The summed E-state index contributed by atoms with van der Waals surface area (Å²) in [6, 6.07) is -0.823. The Hall–Kier alpha value is -1.17. The molecule has 0 aromatic carbocycles. The van der Waals surface area contributed by atoms with Crippen LogP contribution < -0.4 is 5.32 Å². The molecule has 3 unspecified atom stereocenters. The number of carbonyl (C=O) groups excluding carboxylic acids is 1. The van der Waals surface area contributed by atoms with Gasteiger partial charge >= 0.3 is 0 Å². The molecule has 0 fully saturated rings. The number of allylic oxidation sites excluding steroid dienone is 4. The number of unbranched alkanes of at least 4 members (excludes halogenated alkanes) is 34. The molecule has 0 heterocycles. The minimum absolute atomic E-state index is 0.152. The van der Waals surface area contributed by atoms with Gasteiger partial charge in [-0.05, 0) is 64.2 Å². The highest BCUT2D eigenvalue weighted by Crippen LogP contribution is 2.16. The van der Waals surface area contributed by atoms with Crippen LogP contribution in [0.1, 0.15) is 271 Å². The average molecular weight is 790 g/mol. The van der Waals surface area contributed by atoms with Crippen molar-refractivity contribution in [3.8, 4) is 0 Å². The van der Waals surface area contributed by atoms with E-state index in [1.807, 2.05) is 0 Å². The molecule has 0 bridgehead atoms. The standard InChI is InChI=1S/C51H99NO4/c1-3-5-7-9-11-13-15-17-18-19-20-21-22-23-24-25-26-27-28-29-30-31-32-33-34-36-38-40-42-44-46-50(55)52-48(47-53)51(56)49(54)45-43-41-39-37-35-16-14-12-10-8-6-4-2/h23-24,37,39,48-49,51,53-54,56H,3-22,25-36,38,40-47H2,1-2H3,(H,52,55)/b24-23-,39-37+. The average Bonchev–Trinajstić information content (AvgIpc) is 3.20. The van der Waals surface area contributed by atoms with Gasteiger partial charge in [-0.25, -0.2) is 0 Å². The lowest BCUT2D eigenvalue weighted by molar-refractivity contribution is -0.124. The summed E-state index contributed by atoms with van der Waals surface area (Å²) in [5.41, 5.74) is 0. The van der Waals surface area contributed by atoms with Gasteiger partial charge in [0.25, 0.3) is 0 Å². The second kappa shape index (κ2) is 46.5. The van der Waals surface area contributed by atoms with Gasteiger partial charge in [0.15, 0.2) is 0 Å². The molecule has 0 aliphatic carbocycles. The normalized spacial score (nSPS) is 13.6. The first-order valence-corrected chi connectivity index (χ1v) is 25.1. The summed E-state index contributed by atoms with van der Waals surface area (Å²) in [6.07, 6.45) is 57.5. The zero-order valence-corrected chi connectivity index (χ0v) is 37.8. The van der Waals surface area contributed by atoms with Gasteiger partial charge in [0, 0.05) is 6.42 Å². The van der Waals surface area contributed by atoms with Crippen molar-refractivity contribution in [3.63, 3.8) is 0 Å². The molecule has 0 aliphatic heterocycles. The fourth-order valence-corrected chi connectivity index (χ4v) is 7.86. The summed E-state index contributed by atoms with van der Waals surface area (Å²) < 4.78 is 0. The Morgan fingerprint density at radius 3 is 1.04 bits per heavy atom. The van der Waals surface area contributed by atoms with Gasteiger partial charge in [-0.15, -0.1) is 0 Å². The van der Waals surface area contributed by atoms with Gasteiger partial charge in [-0.2, -0.15) is 0 Å². The Kier molecular flexibility index (Phi) is 45.5. The molecule has 4 N–H and O–H groups in total.